The number of hydrogen-bond acceptors (Lipinski definition) is 4. The Morgan fingerprint density at radius 1 is 1.67 bits per heavy atom. The number of fused-ring (bicyclic) bond motifs is 1. The summed E-state index contributed by atoms with van der Waals surface area (Å²) in [6.45, 7) is 1.23. The van der Waals surface area contributed by atoms with Crippen LogP contribution in [-0.2, 0) is 11.2 Å². The van der Waals surface area contributed by atoms with Gasteiger partial charge in [0.05, 0.1) is 12.5 Å². The Balaban J connectivity index is 1.99. The number of aliphatic hydroxyl groups is 2. The molecule has 0 spiro atoms. The van der Waals surface area contributed by atoms with Crippen LogP contribution >= 0.6 is 11.3 Å². The highest BCUT2D eigenvalue weighted by molar-refractivity contribution is 7.10. The molecule has 0 fully saturated rings. The number of amides is 1. The molecule has 5 heteroatoms. The van der Waals surface area contributed by atoms with Gasteiger partial charge in [0, 0.05) is 11.4 Å². The Morgan fingerprint density at radius 3 is 3.17 bits per heavy atom. The molecule has 100 valence electrons. The van der Waals surface area contributed by atoms with E-state index in [-0.39, 0.29) is 25.0 Å². The summed E-state index contributed by atoms with van der Waals surface area (Å²) in [5.41, 5.74) is -0.116. The number of thiophene rings is 1. The summed E-state index contributed by atoms with van der Waals surface area (Å²) >= 11 is 1.71. The summed E-state index contributed by atoms with van der Waals surface area (Å²) in [5.74, 6) is -0.155. The number of aryl methyl sites for hydroxylation is 1. The average molecular weight is 269 g/mol. The molecule has 2 atom stereocenters. The standard InChI is InChI=1S/C13H19NO3S/c1-13(17,8-15)7-14-12(16)10-3-2-4-11-9(10)5-6-18-11/h5-6,10,15,17H,2-4,7-8H2,1H3,(H,14,16). The summed E-state index contributed by atoms with van der Waals surface area (Å²) in [6, 6.07) is 2.02. The van der Waals surface area contributed by atoms with Crippen molar-refractivity contribution in [2.24, 2.45) is 0 Å². The zero-order chi connectivity index (χ0) is 13.2. The minimum atomic E-state index is -1.25. The van der Waals surface area contributed by atoms with E-state index in [4.69, 9.17) is 5.11 Å². The molecule has 1 heterocycles. The van der Waals surface area contributed by atoms with Crippen molar-refractivity contribution in [3.63, 3.8) is 0 Å². The maximum Gasteiger partial charge on any atom is 0.227 e. The zero-order valence-electron chi connectivity index (χ0n) is 10.5. The van der Waals surface area contributed by atoms with Crippen LogP contribution in [0.3, 0.4) is 0 Å². The average Bonchev–Trinajstić information content (AvgIpc) is 2.84. The first kappa shape index (κ1) is 13.5. The van der Waals surface area contributed by atoms with Crippen molar-refractivity contribution in [3.8, 4) is 0 Å². The molecular weight excluding hydrogens is 250 g/mol. The maximum atomic E-state index is 12.1. The summed E-state index contributed by atoms with van der Waals surface area (Å²) in [4.78, 5) is 13.4. The molecular formula is C13H19NO3S. The number of aliphatic hydroxyl groups excluding tert-OH is 1. The lowest BCUT2D eigenvalue weighted by molar-refractivity contribution is -0.124. The van der Waals surface area contributed by atoms with Gasteiger partial charge in [-0.1, -0.05) is 0 Å². The van der Waals surface area contributed by atoms with Gasteiger partial charge < -0.3 is 15.5 Å². The molecule has 0 aliphatic heterocycles. The van der Waals surface area contributed by atoms with E-state index in [1.54, 1.807) is 11.3 Å². The van der Waals surface area contributed by atoms with Crippen molar-refractivity contribution < 1.29 is 15.0 Å². The van der Waals surface area contributed by atoms with E-state index in [0.717, 1.165) is 24.8 Å². The molecule has 0 bridgehead atoms. The predicted octanol–water partition coefficient (Wildman–Crippen LogP) is 1.03. The van der Waals surface area contributed by atoms with E-state index in [1.807, 2.05) is 11.4 Å². The zero-order valence-corrected chi connectivity index (χ0v) is 11.3. The second-order valence-corrected chi connectivity index (χ2v) is 6.12. The third kappa shape index (κ3) is 2.91. The molecule has 1 aliphatic carbocycles. The fourth-order valence-corrected chi connectivity index (χ4v) is 3.20. The minimum Gasteiger partial charge on any atom is -0.393 e. The molecule has 2 unspecified atom stereocenters. The van der Waals surface area contributed by atoms with E-state index in [0.29, 0.717) is 0 Å². The van der Waals surface area contributed by atoms with Crippen LogP contribution in [-0.4, -0.2) is 34.9 Å². The minimum absolute atomic E-state index is 0.0527. The van der Waals surface area contributed by atoms with Gasteiger partial charge in [0.25, 0.3) is 0 Å². The number of nitrogens with one attached hydrogen (secondary N) is 1. The molecule has 0 radical (unpaired) electrons. The Labute approximate surface area is 111 Å². The number of carbonyl (C=O) groups excluding carboxylic acids is 1. The first-order chi connectivity index (χ1) is 8.53. The van der Waals surface area contributed by atoms with E-state index in [1.165, 1.54) is 11.8 Å². The van der Waals surface area contributed by atoms with Crippen molar-refractivity contribution in [1.29, 1.82) is 0 Å². The predicted molar refractivity (Wildman–Crippen MR) is 70.7 cm³/mol. The molecule has 4 nitrogen and oxygen atoms in total. The third-order valence-corrected chi connectivity index (χ3v) is 4.35. The Morgan fingerprint density at radius 2 is 2.44 bits per heavy atom. The van der Waals surface area contributed by atoms with Crippen molar-refractivity contribution in [2.45, 2.75) is 37.7 Å². The van der Waals surface area contributed by atoms with Crippen LogP contribution in [0.2, 0.25) is 0 Å². The van der Waals surface area contributed by atoms with Gasteiger partial charge in [-0.3, -0.25) is 4.79 Å². The number of hydrogen-bond donors (Lipinski definition) is 3. The van der Waals surface area contributed by atoms with Crippen molar-refractivity contribution in [3.05, 3.63) is 21.9 Å². The summed E-state index contributed by atoms with van der Waals surface area (Å²) in [5, 5.41) is 23.4. The highest BCUT2D eigenvalue weighted by Crippen LogP contribution is 2.34. The smallest absolute Gasteiger partial charge is 0.227 e. The van der Waals surface area contributed by atoms with Gasteiger partial charge in [0.1, 0.15) is 5.60 Å². The second kappa shape index (κ2) is 5.38. The third-order valence-electron chi connectivity index (χ3n) is 3.35. The molecule has 0 aromatic carbocycles. The van der Waals surface area contributed by atoms with E-state index < -0.39 is 5.60 Å². The van der Waals surface area contributed by atoms with E-state index >= 15 is 0 Å². The Kier molecular flexibility index (Phi) is 4.04. The van der Waals surface area contributed by atoms with Crippen LogP contribution in [0.1, 0.15) is 36.1 Å². The molecule has 1 amide bonds. The topological polar surface area (TPSA) is 69.6 Å². The molecule has 18 heavy (non-hydrogen) atoms. The first-order valence-electron chi connectivity index (χ1n) is 6.21. The van der Waals surface area contributed by atoms with Crippen molar-refractivity contribution in [1.82, 2.24) is 5.32 Å². The van der Waals surface area contributed by atoms with Gasteiger partial charge in [0.15, 0.2) is 0 Å². The molecule has 1 aromatic heterocycles. The molecule has 1 aromatic rings. The quantitative estimate of drug-likeness (QED) is 0.764. The summed E-state index contributed by atoms with van der Waals surface area (Å²) in [6.07, 6.45) is 2.95. The second-order valence-electron chi connectivity index (χ2n) is 5.12. The largest absolute Gasteiger partial charge is 0.393 e. The lowest BCUT2D eigenvalue weighted by Gasteiger charge is -2.25. The lowest BCUT2D eigenvalue weighted by Crippen LogP contribution is -2.44. The maximum absolute atomic E-state index is 12.1. The van der Waals surface area contributed by atoms with Crippen LogP contribution in [0.15, 0.2) is 11.4 Å². The lowest BCUT2D eigenvalue weighted by atomic mass is 9.87. The van der Waals surface area contributed by atoms with Crippen LogP contribution in [0.5, 0.6) is 0 Å². The Bertz CT molecular complexity index is 428. The Hall–Kier alpha value is -0.910. The van der Waals surface area contributed by atoms with Gasteiger partial charge >= 0.3 is 0 Å². The normalized spacial score (nSPS) is 22.1. The van der Waals surface area contributed by atoms with Crippen molar-refractivity contribution >= 4 is 17.2 Å². The number of carbonyl (C=O) groups is 1. The van der Waals surface area contributed by atoms with Gasteiger partial charge in [-0.2, -0.15) is 0 Å². The summed E-state index contributed by atoms with van der Waals surface area (Å²) in [7, 11) is 0. The van der Waals surface area contributed by atoms with Gasteiger partial charge in [-0.15, -0.1) is 11.3 Å². The highest BCUT2D eigenvalue weighted by Gasteiger charge is 2.28. The fourth-order valence-electron chi connectivity index (χ4n) is 2.22. The SMILES string of the molecule is CC(O)(CO)CNC(=O)C1CCCc2sccc21. The van der Waals surface area contributed by atoms with Crippen LogP contribution in [0, 0.1) is 0 Å². The molecule has 0 saturated heterocycles. The van der Waals surface area contributed by atoms with Crippen LogP contribution in [0.25, 0.3) is 0 Å². The van der Waals surface area contributed by atoms with Crippen molar-refractivity contribution in [2.75, 3.05) is 13.2 Å². The molecule has 1 aliphatic rings. The molecule has 0 saturated carbocycles. The number of rotatable bonds is 4. The van der Waals surface area contributed by atoms with Gasteiger partial charge in [0.2, 0.25) is 5.91 Å². The van der Waals surface area contributed by atoms with E-state index in [2.05, 4.69) is 5.32 Å². The molecule has 2 rings (SSSR count). The fraction of sp³-hybridized carbons (Fsp3) is 0.615. The summed E-state index contributed by atoms with van der Waals surface area (Å²) < 4.78 is 0. The highest BCUT2D eigenvalue weighted by atomic mass is 32.1. The first-order valence-corrected chi connectivity index (χ1v) is 7.09. The van der Waals surface area contributed by atoms with Gasteiger partial charge in [-0.05, 0) is 43.2 Å². The van der Waals surface area contributed by atoms with E-state index in [9.17, 15) is 9.90 Å². The molecule has 3 N–H and O–H groups in total. The van der Waals surface area contributed by atoms with Gasteiger partial charge in [-0.25, -0.2) is 0 Å². The van der Waals surface area contributed by atoms with Crippen LogP contribution in [0.4, 0.5) is 0 Å². The monoisotopic (exact) mass is 269 g/mol. The van der Waals surface area contributed by atoms with Crippen LogP contribution < -0.4 is 5.32 Å².